The largest absolute Gasteiger partial charge is 0.325 e. The number of rotatable bonds is 8. The highest BCUT2D eigenvalue weighted by Crippen LogP contribution is 2.27. The molecule has 7 nitrogen and oxygen atoms in total. The molecule has 1 aliphatic rings. The van der Waals surface area contributed by atoms with E-state index in [1.807, 2.05) is 12.1 Å². The van der Waals surface area contributed by atoms with Crippen molar-refractivity contribution in [3.05, 3.63) is 90.0 Å². The lowest BCUT2D eigenvalue weighted by Gasteiger charge is -2.27. The fourth-order valence-corrected chi connectivity index (χ4v) is 5.76. The van der Waals surface area contributed by atoms with E-state index in [4.69, 9.17) is 0 Å². The Kier molecular flexibility index (Phi) is 7.35. The first-order valence-electron chi connectivity index (χ1n) is 11.1. The Morgan fingerprint density at radius 1 is 1.09 bits per heavy atom. The number of aromatic nitrogens is 1. The molecule has 0 bridgehead atoms. The molecule has 4 rings (SSSR count). The van der Waals surface area contributed by atoms with E-state index in [-0.39, 0.29) is 23.2 Å². The van der Waals surface area contributed by atoms with Gasteiger partial charge in [-0.15, -0.1) is 0 Å². The van der Waals surface area contributed by atoms with Gasteiger partial charge < -0.3 is 5.32 Å². The maximum absolute atomic E-state index is 13.9. The molecular weight excluding hydrogens is 455 g/mol. The van der Waals surface area contributed by atoms with E-state index >= 15 is 0 Å². The second kappa shape index (κ2) is 10.4. The van der Waals surface area contributed by atoms with Crippen LogP contribution in [0.5, 0.6) is 0 Å². The topological polar surface area (TPSA) is 82.6 Å². The van der Waals surface area contributed by atoms with Gasteiger partial charge in [0.25, 0.3) is 0 Å². The summed E-state index contributed by atoms with van der Waals surface area (Å²) in [5.41, 5.74) is 1.76. The zero-order valence-corrected chi connectivity index (χ0v) is 19.7. The van der Waals surface area contributed by atoms with Crippen molar-refractivity contribution in [3.8, 4) is 0 Å². The number of sulfonamides is 1. The molecule has 1 unspecified atom stereocenters. The number of halogens is 1. The highest BCUT2D eigenvalue weighted by molar-refractivity contribution is 7.89. The molecule has 2 heterocycles. The van der Waals surface area contributed by atoms with E-state index in [9.17, 15) is 17.6 Å². The number of amides is 1. The molecule has 1 amide bonds. The van der Waals surface area contributed by atoms with Gasteiger partial charge in [0, 0.05) is 25.0 Å². The normalized spacial score (nSPS) is 15.4. The van der Waals surface area contributed by atoms with Crippen molar-refractivity contribution in [1.29, 1.82) is 0 Å². The first-order chi connectivity index (χ1) is 16.3. The molecule has 0 aliphatic carbocycles. The summed E-state index contributed by atoms with van der Waals surface area (Å²) in [4.78, 5) is 19.2. The van der Waals surface area contributed by atoms with Crippen molar-refractivity contribution in [2.24, 2.45) is 0 Å². The second-order valence-corrected chi connectivity index (χ2v) is 10.3. The molecule has 0 saturated carbocycles. The summed E-state index contributed by atoms with van der Waals surface area (Å²) in [6.07, 6.45) is 3.36. The number of hydrogen-bond donors (Lipinski definition) is 1. The predicted octanol–water partition coefficient (Wildman–Crippen LogP) is 3.67. The van der Waals surface area contributed by atoms with Crippen LogP contribution in [0.2, 0.25) is 0 Å². The van der Waals surface area contributed by atoms with E-state index in [1.165, 1.54) is 28.6 Å². The van der Waals surface area contributed by atoms with Crippen molar-refractivity contribution in [3.63, 3.8) is 0 Å². The van der Waals surface area contributed by atoms with Crippen LogP contribution in [-0.4, -0.2) is 55.2 Å². The molecule has 1 fully saturated rings. The lowest BCUT2D eigenvalue weighted by Crippen LogP contribution is -2.34. The van der Waals surface area contributed by atoms with E-state index in [2.05, 4.69) is 10.3 Å². The molecule has 2 aromatic carbocycles. The van der Waals surface area contributed by atoms with E-state index < -0.39 is 16.1 Å². The highest BCUT2D eigenvalue weighted by atomic mass is 32.2. The fourth-order valence-electron chi connectivity index (χ4n) is 4.20. The van der Waals surface area contributed by atoms with Gasteiger partial charge in [-0.2, -0.15) is 4.31 Å². The van der Waals surface area contributed by atoms with Gasteiger partial charge in [0.05, 0.1) is 23.2 Å². The minimum absolute atomic E-state index is 0.0130. The Labute approximate surface area is 199 Å². The Morgan fingerprint density at radius 2 is 1.85 bits per heavy atom. The van der Waals surface area contributed by atoms with Crippen LogP contribution in [0.4, 0.5) is 10.1 Å². The van der Waals surface area contributed by atoms with Crippen LogP contribution in [0.3, 0.4) is 0 Å². The van der Waals surface area contributed by atoms with Crippen LogP contribution in [0, 0.1) is 5.82 Å². The fraction of sp³-hybridized carbons (Fsp3) is 0.280. The molecule has 1 N–H and O–H groups in total. The van der Waals surface area contributed by atoms with E-state index in [0.29, 0.717) is 30.0 Å². The first-order valence-corrected chi connectivity index (χ1v) is 12.6. The third kappa shape index (κ3) is 5.49. The van der Waals surface area contributed by atoms with Gasteiger partial charge in [-0.1, -0.05) is 24.3 Å². The van der Waals surface area contributed by atoms with Gasteiger partial charge >= 0.3 is 0 Å². The molecule has 1 aliphatic heterocycles. The lowest BCUT2D eigenvalue weighted by molar-refractivity contribution is -0.117. The third-order valence-electron chi connectivity index (χ3n) is 5.79. The number of carbonyl (C=O) groups is 1. The number of benzene rings is 2. The summed E-state index contributed by atoms with van der Waals surface area (Å²) in [7, 11) is -1.82. The van der Waals surface area contributed by atoms with Crippen LogP contribution in [-0.2, 0) is 14.8 Å². The molecule has 1 aromatic heterocycles. The molecule has 0 radical (unpaired) electrons. The smallest absolute Gasteiger partial charge is 0.243 e. The zero-order chi connectivity index (χ0) is 24.1. The Bertz CT molecular complexity index is 1250. The molecule has 1 atom stereocenters. The Balaban J connectivity index is 1.50. The molecule has 0 spiro atoms. The summed E-state index contributed by atoms with van der Waals surface area (Å²) in [5.74, 6) is -0.692. The minimum Gasteiger partial charge on any atom is -0.325 e. The lowest BCUT2D eigenvalue weighted by atomic mass is 10.0. The first kappa shape index (κ1) is 24.0. The molecule has 1 saturated heterocycles. The van der Waals surface area contributed by atoms with Gasteiger partial charge in [0.1, 0.15) is 5.82 Å². The summed E-state index contributed by atoms with van der Waals surface area (Å²) >= 11 is 0. The number of nitrogens with zero attached hydrogens (tertiary/aromatic N) is 3. The number of hydrogen-bond acceptors (Lipinski definition) is 5. The summed E-state index contributed by atoms with van der Waals surface area (Å²) in [5, 5.41) is 2.79. The van der Waals surface area contributed by atoms with Crippen LogP contribution in [0.15, 0.2) is 77.8 Å². The molecule has 34 heavy (non-hydrogen) atoms. The Hall–Kier alpha value is -3.14. The average Bonchev–Trinajstić information content (AvgIpc) is 3.36. The number of pyridine rings is 1. The van der Waals surface area contributed by atoms with Gasteiger partial charge in [-0.3, -0.25) is 14.7 Å². The SMILES string of the molecule is CN(CC(=O)Nc1cccc(S(=O)(=O)N2CCCC2)c1)C(c1cccc(F)c1)c1ccccn1. The van der Waals surface area contributed by atoms with Crippen molar-refractivity contribution in [2.75, 3.05) is 32.0 Å². The molecule has 9 heteroatoms. The van der Waals surface area contributed by atoms with Crippen LogP contribution >= 0.6 is 0 Å². The monoisotopic (exact) mass is 482 g/mol. The number of anilines is 1. The number of nitrogens with one attached hydrogen (secondary N) is 1. The minimum atomic E-state index is -3.58. The quantitative estimate of drug-likeness (QED) is 0.530. The molecule has 3 aromatic rings. The maximum atomic E-state index is 13.9. The molecular formula is C25H27FN4O3S. The predicted molar refractivity (Wildman–Crippen MR) is 128 cm³/mol. The van der Waals surface area contributed by atoms with Crippen LogP contribution in [0.25, 0.3) is 0 Å². The third-order valence-corrected chi connectivity index (χ3v) is 7.68. The van der Waals surface area contributed by atoms with Crippen molar-refractivity contribution in [2.45, 2.75) is 23.8 Å². The van der Waals surface area contributed by atoms with Crippen molar-refractivity contribution in [1.82, 2.24) is 14.2 Å². The zero-order valence-electron chi connectivity index (χ0n) is 18.9. The summed E-state index contributed by atoms with van der Waals surface area (Å²) in [6.45, 7) is 1.01. The van der Waals surface area contributed by atoms with Gasteiger partial charge in [-0.05, 0) is 67.9 Å². The van der Waals surface area contributed by atoms with Gasteiger partial charge in [0.2, 0.25) is 15.9 Å². The van der Waals surface area contributed by atoms with Crippen LogP contribution in [0.1, 0.15) is 30.1 Å². The average molecular weight is 483 g/mol. The van der Waals surface area contributed by atoms with E-state index in [1.54, 1.807) is 48.5 Å². The molecule has 178 valence electrons. The highest BCUT2D eigenvalue weighted by Gasteiger charge is 2.27. The second-order valence-electron chi connectivity index (χ2n) is 8.31. The summed E-state index contributed by atoms with van der Waals surface area (Å²) in [6, 6.07) is 17.5. The van der Waals surface area contributed by atoms with E-state index in [0.717, 1.165) is 12.8 Å². The Morgan fingerprint density at radius 3 is 2.56 bits per heavy atom. The van der Waals surface area contributed by atoms with Crippen molar-refractivity contribution < 1.29 is 17.6 Å². The van der Waals surface area contributed by atoms with Gasteiger partial charge in [0.15, 0.2) is 0 Å². The van der Waals surface area contributed by atoms with Gasteiger partial charge in [-0.25, -0.2) is 12.8 Å². The number of likely N-dealkylation sites (N-methyl/N-ethyl adjacent to an activating group) is 1. The summed E-state index contributed by atoms with van der Waals surface area (Å²) < 4.78 is 41.1. The van der Waals surface area contributed by atoms with Crippen LogP contribution < -0.4 is 5.32 Å². The maximum Gasteiger partial charge on any atom is 0.243 e. The standard InChI is InChI=1S/C25H27FN4O3S/c1-29(25(23-12-2-3-13-27-23)19-8-6-9-20(26)16-19)18-24(31)28-21-10-7-11-22(17-21)34(32,33)30-14-4-5-15-30/h2-3,6-13,16-17,25H,4-5,14-15,18H2,1H3,(H,28,31). The number of carbonyl (C=O) groups excluding carboxylic acids is 1. The van der Waals surface area contributed by atoms with Crippen molar-refractivity contribution >= 4 is 21.6 Å².